The van der Waals surface area contributed by atoms with E-state index in [0.717, 1.165) is 9.88 Å². The van der Waals surface area contributed by atoms with Crippen LogP contribution in [0.1, 0.15) is 51.4 Å². The van der Waals surface area contributed by atoms with Crippen LogP contribution in [0.25, 0.3) is 0 Å². The van der Waals surface area contributed by atoms with Crippen molar-refractivity contribution in [1.82, 2.24) is 10.3 Å². The Hall–Kier alpha value is -0.940. The molecule has 0 aromatic carbocycles. The summed E-state index contributed by atoms with van der Waals surface area (Å²) in [5.74, 6) is -0.229. The maximum absolute atomic E-state index is 11.5. The fourth-order valence-electron chi connectivity index (χ4n) is 1.40. The summed E-state index contributed by atoms with van der Waals surface area (Å²) in [6, 6.07) is 0. The third-order valence-electron chi connectivity index (χ3n) is 2.18. The highest BCUT2D eigenvalue weighted by Crippen LogP contribution is 2.26. The molecule has 108 valence electrons. The second-order valence-corrected chi connectivity index (χ2v) is 7.69. The van der Waals surface area contributed by atoms with E-state index in [2.05, 4.69) is 31.1 Å². The molecule has 0 aliphatic rings. The standard InChI is InChI=1S/C14H24N2O2S/c1-13(2,3)12-16-8-10(19-12)7-15-9-11(17)18-14(4,5)6/h8,15H,7,9H2,1-6H3. The predicted molar refractivity (Wildman–Crippen MR) is 78.4 cm³/mol. The second-order valence-electron chi connectivity index (χ2n) is 6.57. The molecular weight excluding hydrogens is 260 g/mol. The topological polar surface area (TPSA) is 51.2 Å². The molecule has 5 heteroatoms. The maximum Gasteiger partial charge on any atom is 0.320 e. The first-order chi connectivity index (χ1) is 8.58. The van der Waals surface area contributed by atoms with Crippen LogP contribution in [-0.2, 0) is 21.5 Å². The molecule has 1 aromatic rings. The average Bonchev–Trinajstić information content (AvgIpc) is 2.62. The van der Waals surface area contributed by atoms with Crippen LogP contribution in [0.2, 0.25) is 0 Å². The largest absolute Gasteiger partial charge is 0.459 e. The highest BCUT2D eigenvalue weighted by molar-refractivity contribution is 7.11. The molecule has 1 rings (SSSR count). The molecule has 19 heavy (non-hydrogen) atoms. The predicted octanol–water partition coefficient (Wildman–Crippen LogP) is 2.87. The first-order valence-corrected chi connectivity index (χ1v) is 7.27. The molecule has 0 saturated heterocycles. The van der Waals surface area contributed by atoms with Crippen LogP contribution in [0.3, 0.4) is 0 Å². The van der Waals surface area contributed by atoms with Gasteiger partial charge in [-0.15, -0.1) is 11.3 Å². The summed E-state index contributed by atoms with van der Waals surface area (Å²) in [6.07, 6.45) is 1.87. The molecule has 0 radical (unpaired) electrons. The van der Waals surface area contributed by atoms with Gasteiger partial charge in [0.25, 0.3) is 0 Å². The van der Waals surface area contributed by atoms with Crippen molar-refractivity contribution in [1.29, 1.82) is 0 Å². The van der Waals surface area contributed by atoms with Crippen molar-refractivity contribution < 1.29 is 9.53 Å². The monoisotopic (exact) mass is 284 g/mol. The molecule has 0 spiro atoms. The molecule has 0 atom stereocenters. The number of esters is 1. The SMILES string of the molecule is CC(C)(C)OC(=O)CNCc1cnc(C(C)(C)C)s1. The number of rotatable bonds is 4. The fraction of sp³-hybridized carbons (Fsp3) is 0.714. The Morgan fingerprint density at radius 2 is 1.95 bits per heavy atom. The Morgan fingerprint density at radius 3 is 2.42 bits per heavy atom. The van der Waals surface area contributed by atoms with Crippen molar-refractivity contribution in [3.63, 3.8) is 0 Å². The Balaban J connectivity index is 2.38. The van der Waals surface area contributed by atoms with Gasteiger partial charge in [-0.05, 0) is 20.8 Å². The highest BCUT2D eigenvalue weighted by Gasteiger charge is 2.18. The Bertz CT molecular complexity index is 427. The van der Waals surface area contributed by atoms with E-state index in [1.54, 1.807) is 11.3 Å². The zero-order valence-electron chi connectivity index (χ0n) is 12.7. The molecule has 0 aliphatic heterocycles. The zero-order valence-corrected chi connectivity index (χ0v) is 13.5. The lowest BCUT2D eigenvalue weighted by Crippen LogP contribution is -2.31. The van der Waals surface area contributed by atoms with Crippen molar-refractivity contribution in [3.05, 3.63) is 16.1 Å². The van der Waals surface area contributed by atoms with E-state index >= 15 is 0 Å². The van der Waals surface area contributed by atoms with Crippen LogP contribution in [-0.4, -0.2) is 23.1 Å². The Kier molecular flexibility index (Phi) is 5.10. The fourth-order valence-corrected chi connectivity index (χ4v) is 2.34. The van der Waals surface area contributed by atoms with Crippen LogP contribution < -0.4 is 5.32 Å². The van der Waals surface area contributed by atoms with Gasteiger partial charge < -0.3 is 10.1 Å². The van der Waals surface area contributed by atoms with Gasteiger partial charge in [0.15, 0.2) is 0 Å². The minimum atomic E-state index is -0.428. The van der Waals surface area contributed by atoms with E-state index in [9.17, 15) is 4.79 Å². The third-order valence-corrected chi connectivity index (χ3v) is 3.61. The van der Waals surface area contributed by atoms with Gasteiger partial charge in [0.1, 0.15) is 5.60 Å². The molecular formula is C14H24N2O2S. The second kappa shape index (κ2) is 6.01. The van der Waals surface area contributed by atoms with Gasteiger partial charge >= 0.3 is 5.97 Å². The van der Waals surface area contributed by atoms with Gasteiger partial charge in [0.2, 0.25) is 0 Å². The normalized spacial score (nSPS) is 12.5. The van der Waals surface area contributed by atoms with Crippen molar-refractivity contribution in [3.8, 4) is 0 Å². The van der Waals surface area contributed by atoms with E-state index in [-0.39, 0.29) is 17.9 Å². The van der Waals surface area contributed by atoms with Gasteiger partial charge in [-0.2, -0.15) is 0 Å². The molecule has 4 nitrogen and oxygen atoms in total. The van der Waals surface area contributed by atoms with Gasteiger partial charge in [0, 0.05) is 23.0 Å². The zero-order chi connectivity index (χ0) is 14.7. The summed E-state index contributed by atoms with van der Waals surface area (Å²) < 4.78 is 5.22. The third kappa shape index (κ3) is 6.16. The number of carbonyl (C=O) groups excluding carboxylic acids is 1. The van der Waals surface area contributed by atoms with E-state index in [1.165, 1.54) is 0 Å². The number of hydrogen-bond acceptors (Lipinski definition) is 5. The van der Waals surface area contributed by atoms with Crippen molar-refractivity contribution in [2.24, 2.45) is 0 Å². The van der Waals surface area contributed by atoms with E-state index in [0.29, 0.717) is 6.54 Å². The summed E-state index contributed by atoms with van der Waals surface area (Å²) in [6.45, 7) is 12.9. The minimum Gasteiger partial charge on any atom is -0.459 e. The van der Waals surface area contributed by atoms with Crippen molar-refractivity contribution >= 4 is 17.3 Å². The maximum atomic E-state index is 11.5. The first kappa shape index (κ1) is 16.1. The highest BCUT2D eigenvalue weighted by atomic mass is 32.1. The summed E-state index contributed by atoms with van der Waals surface area (Å²) in [5, 5.41) is 4.20. The quantitative estimate of drug-likeness (QED) is 0.864. The lowest BCUT2D eigenvalue weighted by molar-refractivity contribution is -0.153. The molecule has 0 aliphatic carbocycles. The van der Waals surface area contributed by atoms with Gasteiger partial charge in [0.05, 0.1) is 11.6 Å². The summed E-state index contributed by atoms with van der Waals surface area (Å²) in [4.78, 5) is 17.1. The molecule has 0 saturated carbocycles. The number of aromatic nitrogens is 1. The van der Waals surface area contributed by atoms with Gasteiger partial charge in [-0.25, -0.2) is 4.98 Å². The molecule has 1 heterocycles. The van der Waals surface area contributed by atoms with E-state index in [4.69, 9.17) is 4.74 Å². The van der Waals surface area contributed by atoms with E-state index in [1.807, 2.05) is 27.0 Å². The molecule has 1 N–H and O–H groups in total. The molecule has 0 amide bonds. The molecule has 1 aromatic heterocycles. The van der Waals surface area contributed by atoms with Crippen LogP contribution in [0.4, 0.5) is 0 Å². The molecule has 0 unspecified atom stereocenters. The molecule has 0 fully saturated rings. The minimum absolute atomic E-state index is 0.0775. The number of carbonyl (C=O) groups is 1. The first-order valence-electron chi connectivity index (χ1n) is 6.46. The number of thiazole rings is 1. The number of ether oxygens (including phenoxy) is 1. The van der Waals surface area contributed by atoms with Crippen LogP contribution >= 0.6 is 11.3 Å². The summed E-state index contributed by atoms with van der Waals surface area (Å²) >= 11 is 1.68. The summed E-state index contributed by atoms with van der Waals surface area (Å²) in [5.41, 5.74) is -0.350. The summed E-state index contributed by atoms with van der Waals surface area (Å²) in [7, 11) is 0. The number of nitrogens with zero attached hydrogens (tertiary/aromatic N) is 1. The van der Waals surface area contributed by atoms with E-state index < -0.39 is 5.60 Å². The van der Waals surface area contributed by atoms with Gasteiger partial charge in [-0.3, -0.25) is 4.79 Å². The number of hydrogen-bond donors (Lipinski definition) is 1. The Morgan fingerprint density at radius 1 is 1.32 bits per heavy atom. The van der Waals surface area contributed by atoms with Crippen molar-refractivity contribution in [2.75, 3.05) is 6.54 Å². The smallest absolute Gasteiger partial charge is 0.320 e. The van der Waals surface area contributed by atoms with Gasteiger partial charge in [-0.1, -0.05) is 20.8 Å². The van der Waals surface area contributed by atoms with Crippen molar-refractivity contribution in [2.45, 2.75) is 59.1 Å². The lowest BCUT2D eigenvalue weighted by atomic mass is 9.98. The number of nitrogens with one attached hydrogen (secondary N) is 1. The average molecular weight is 284 g/mol. The Labute approximate surface area is 119 Å². The lowest BCUT2D eigenvalue weighted by Gasteiger charge is -2.19. The molecule has 0 bridgehead atoms. The van der Waals surface area contributed by atoms with Crippen LogP contribution in [0.15, 0.2) is 6.20 Å². The van der Waals surface area contributed by atoms with Crippen LogP contribution in [0, 0.1) is 0 Å². The van der Waals surface area contributed by atoms with Crippen LogP contribution in [0.5, 0.6) is 0 Å².